The summed E-state index contributed by atoms with van der Waals surface area (Å²) in [7, 11) is 0. The number of anilines is 3. The Kier molecular flexibility index (Phi) is 17.1. The predicted molar refractivity (Wildman–Crippen MR) is 225 cm³/mol. The first kappa shape index (κ1) is 52.4. The van der Waals surface area contributed by atoms with Crippen molar-refractivity contribution >= 4 is 54.1 Å². The molecule has 346 valence electrons. The van der Waals surface area contributed by atoms with E-state index in [4.69, 9.17) is 37.9 Å². The lowest BCUT2D eigenvalue weighted by Crippen LogP contribution is -2.48. The van der Waals surface area contributed by atoms with Crippen molar-refractivity contribution in [3.05, 3.63) is 5.56 Å². The van der Waals surface area contributed by atoms with Gasteiger partial charge in [-0.25, -0.2) is 28.8 Å². The smallest absolute Gasteiger partial charge is 0.427 e. The zero-order valence-electron chi connectivity index (χ0n) is 39.5. The van der Waals surface area contributed by atoms with Gasteiger partial charge in [0.05, 0.1) is 6.61 Å². The molecular formula is C42H69N5O14. The molecule has 6 amide bonds. The van der Waals surface area contributed by atoms with Crippen LogP contribution in [0.1, 0.15) is 156 Å². The maximum atomic E-state index is 14.3. The molecule has 1 fully saturated rings. The summed E-state index contributed by atoms with van der Waals surface area (Å²) < 4.78 is 45.7. The van der Waals surface area contributed by atoms with E-state index >= 15 is 0 Å². The van der Waals surface area contributed by atoms with E-state index in [2.05, 4.69) is 9.97 Å². The lowest BCUT2D eigenvalue weighted by atomic mass is 10.1. The van der Waals surface area contributed by atoms with Crippen LogP contribution in [0.4, 0.5) is 46.4 Å². The average Bonchev–Trinajstić information content (AvgIpc) is 2.99. The van der Waals surface area contributed by atoms with Crippen LogP contribution in [-0.4, -0.2) is 99.6 Å². The fraction of sp³-hybridized carbons (Fsp3) is 0.762. The van der Waals surface area contributed by atoms with Gasteiger partial charge in [-0.2, -0.15) is 19.8 Å². The van der Waals surface area contributed by atoms with Gasteiger partial charge < -0.3 is 37.9 Å². The summed E-state index contributed by atoms with van der Waals surface area (Å²) in [6.07, 6.45) is -6.15. The minimum Gasteiger partial charge on any atom is -0.443 e. The van der Waals surface area contributed by atoms with Crippen LogP contribution in [0.5, 0.6) is 0 Å². The Balaban J connectivity index is 3.31. The third-order valence-electron chi connectivity index (χ3n) is 7.04. The maximum Gasteiger partial charge on any atom is 0.427 e. The third kappa shape index (κ3) is 18.4. The third-order valence-corrected chi connectivity index (χ3v) is 7.04. The molecular weight excluding hydrogens is 798 g/mol. The van der Waals surface area contributed by atoms with Crippen LogP contribution in [-0.2, 0) is 44.3 Å². The monoisotopic (exact) mass is 867 g/mol. The van der Waals surface area contributed by atoms with Crippen molar-refractivity contribution in [1.29, 1.82) is 0 Å². The molecule has 19 nitrogen and oxygen atoms in total. The molecule has 2 heterocycles. The number of nitrogens with zero attached hydrogens (tertiary/aromatic N) is 5. The van der Waals surface area contributed by atoms with Crippen molar-refractivity contribution in [3.63, 3.8) is 0 Å². The van der Waals surface area contributed by atoms with Gasteiger partial charge in [-0.05, 0) is 157 Å². The molecule has 0 aliphatic carbocycles. The van der Waals surface area contributed by atoms with Crippen LogP contribution in [0, 0.1) is 0 Å². The number of aromatic nitrogens is 2. The molecule has 19 heteroatoms. The number of hydrogen-bond donors (Lipinski definition) is 0. The molecule has 1 atom stereocenters. The number of amides is 6. The largest absolute Gasteiger partial charge is 0.443 e. The molecule has 0 spiro atoms. The number of hydrogen-bond acceptors (Lipinski definition) is 16. The Morgan fingerprint density at radius 3 is 1.10 bits per heavy atom. The predicted octanol–water partition coefficient (Wildman–Crippen LogP) is 9.98. The average molecular weight is 868 g/mol. The summed E-state index contributed by atoms with van der Waals surface area (Å²) in [4.78, 5) is 95.6. The van der Waals surface area contributed by atoms with Crippen LogP contribution in [0.2, 0.25) is 0 Å². The zero-order chi connectivity index (χ0) is 47.1. The van der Waals surface area contributed by atoms with E-state index in [1.807, 2.05) is 0 Å². The molecule has 0 bridgehead atoms. The number of rotatable bonds is 8. The quantitative estimate of drug-likeness (QED) is 0.176. The van der Waals surface area contributed by atoms with Crippen molar-refractivity contribution in [1.82, 2.24) is 9.97 Å². The molecule has 0 saturated carbocycles. The number of imide groups is 3. The summed E-state index contributed by atoms with van der Waals surface area (Å²) >= 11 is 0. The summed E-state index contributed by atoms with van der Waals surface area (Å²) in [5.41, 5.74) is -7.46. The number of carbonyl (C=O) groups is 6. The van der Waals surface area contributed by atoms with Gasteiger partial charge in [-0.3, -0.25) is 0 Å². The molecule has 1 aromatic heterocycles. The number of carbonyl (C=O) groups excluding carboxylic acids is 6. The SMILES string of the molecule is CC(C)(C)OC(=O)N(C(=O)OC(C)(C)C)c1nc(N(C(=O)OC(C)(C)C)C(=O)OC(C)(C)C)c(CCCOC2CCCCO2)c(N(C(=O)OC(C)(C)C)C(=O)OC(C)(C)C)n1. The van der Waals surface area contributed by atoms with Gasteiger partial charge in [0, 0.05) is 12.2 Å². The zero-order valence-corrected chi connectivity index (χ0v) is 39.5. The molecule has 1 unspecified atom stereocenters. The first-order chi connectivity index (χ1) is 27.5. The Morgan fingerprint density at radius 1 is 0.508 bits per heavy atom. The van der Waals surface area contributed by atoms with Crippen molar-refractivity contribution in [2.24, 2.45) is 0 Å². The second-order valence-corrected chi connectivity index (χ2v) is 20.3. The topological polar surface area (TPSA) is 212 Å². The fourth-order valence-electron chi connectivity index (χ4n) is 5.03. The molecule has 0 N–H and O–H groups in total. The highest BCUT2D eigenvalue weighted by atomic mass is 16.7. The van der Waals surface area contributed by atoms with Gasteiger partial charge in [-0.1, -0.05) is 0 Å². The van der Waals surface area contributed by atoms with Gasteiger partial charge in [0.2, 0.25) is 5.95 Å². The normalized spacial score (nSPS) is 15.2. The highest BCUT2D eigenvalue weighted by Gasteiger charge is 2.44. The van der Waals surface area contributed by atoms with Crippen molar-refractivity contribution in [2.45, 2.75) is 197 Å². The first-order valence-electron chi connectivity index (χ1n) is 20.4. The van der Waals surface area contributed by atoms with Gasteiger partial charge >= 0.3 is 36.6 Å². The summed E-state index contributed by atoms with van der Waals surface area (Å²) in [5, 5.41) is 0. The van der Waals surface area contributed by atoms with E-state index in [0.29, 0.717) is 27.7 Å². The lowest BCUT2D eigenvalue weighted by molar-refractivity contribution is -0.162. The summed E-state index contributed by atoms with van der Waals surface area (Å²) in [5.74, 6) is -2.18. The van der Waals surface area contributed by atoms with Crippen molar-refractivity contribution < 1.29 is 66.7 Å². The Bertz CT molecular complexity index is 1570. The van der Waals surface area contributed by atoms with E-state index < -0.39 is 94.0 Å². The molecule has 1 aliphatic rings. The van der Waals surface area contributed by atoms with Crippen LogP contribution in [0.3, 0.4) is 0 Å². The molecule has 61 heavy (non-hydrogen) atoms. The minimum atomic E-state index is -1.35. The fourth-order valence-corrected chi connectivity index (χ4v) is 5.03. The van der Waals surface area contributed by atoms with Crippen LogP contribution < -0.4 is 14.7 Å². The Hall–Kier alpha value is -4.78. The molecule has 1 aliphatic heterocycles. The lowest BCUT2D eigenvalue weighted by Gasteiger charge is -2.33. The van der Waals surface area contributed by atoms with E-state index in [1.165, 1.54) is 0 Å². The summed E-state index contributed by atoms with van der Waals surface area (Å²) in [6.45, 7) is 28.5. The second-order valence-electron chi connectivity index (χ2n) is 20.3. The highest BCUT2D eigenvalue weighted by Crippen LogP contribution is 2.36. The standard InChI is InChI=1S/C42H69N5O14/c1-37(2,3)56-31(48)45(32(49)57-38(4,5)6)28-26(22-21-25-55-27-23-19-20-24-54-27)29(46(33(50)58-39(7,8)9)34(51)59-40(10,11)12)44-30(43-28)47(35(52)60-41(13,14)15)36(53)61-42(16,17)18/h27H,19-25H2,1-18H3. The van der Waals surface area contributed by atoms with Gasteiger partial charge in [0.25, 0.3) is 0 Å². The van der Waals surface area contributed by atoms with Gasteiger partial charge in [-0.15, -0.1) is 4.90 Å². The van der Waals surface area contributed by atoms with Crippen molar-refractivity contribution in [3.8, 4) is 0 Å². The molecule has 0 radical (unpaired) electrons. The van der Waals surface area contributed by atoms with Gasteiger partial charge in [0.1, 0.15) is 33.6 Å². The van der Waals surface area contributed by atoms with E-state index in [9.17, 15) is 28.8 Å². The van der Waals surface area contributed by atoms with E-state index in [0.717, 1.165) is 12.8 Å². The minimum absolute atomic E-state index is 0.0466. The van der Waals surface area contributed by atoms with Crippen LogP contribution in [0.25, 0.3) is 0 Å². The Morgan fingerprint density at radius 2 is 0.820 bits per heavy atom. The molecule has 2 rings (SSSR count). The summed E-state index contributed by atoms with van der Waals surface area (Å²) in [6, 6.07) is 0. The van der Waals surface area contributed by atoms with Crippen LogP contribution in [0.15, 0.2) is 0 Å². The van der Waals surface area contributed by atoms with Crippen molar-refractivity contribution in [2.75, 3.05) is 27.9 Å². The van der Waals surface area contributed by atoms with Gasteiger partial charge in [0.15, 0.2) is 17.9 Å². The molecule has 0 aromatic carbocycles. The maximum absolute atomic E-state index is 14.3. The molecule has 1 aromatic rings. The first-order valence-corrected chi connectivity index (χ1v) is 20.4. The van der Waals surface area contributed by atoms with E-state index in [1.54, 1.807) is 125 Å². The molecule has 1 saturated heterocycles. The van der Waals surface area contributed by atoms with Crippen LogP contribution >= 0.6 is 0 Å². The Labute approximate surface area is 360 Å². The number of ether oxygens (including phenoxy) is 8. The van der Waals surface area contributed by atoms with E-state index in [-0.39, 0.29) is 25.0 Å². The highest BCUT2D eigenvalue weighted by molar-refractivity contribution is 6.14. The second kappa shape index (κ2) is 19.9.